The normalized spacial score (nSPS) is 10.7. The predicted molar refractivity (Wildman–Crippen MR) is 54.2 cm³/mol. The average molecular weight is 208 g/mol. The second-order valence-corrected chi connectivity index (χ2v) is 3.04. The van der Waals surface area contributed by atoms with E-state index in [0.29, 0.717) is 0 Å². The van der Waals surface area contributed by atoms with E-state index in [2.05, 4.69) is 5.10 Å². The number of aliphatic carboxylic acids is 1. The summed E-state index contributed by atoms with van der Waals surface area (Å²) < 4.78 is 1.74. The Bertz CT molecular complexity index is 393. The fourth-order valence-electron chi connectivity index (χ4n) is 1.06. The van der Waals surface area contributed by atoms with Crippen LogP contribution >= 0.6 is 0 Å². The Labute approximate surface area is 87.0 Å². The van der Waals surface area contributed by atoms with Crippen molar-refractivity contribution in [1.82, 2.24) is 9.78 Å². The first kappa shape index (κ1) is 11.2. The molecule has 80 valence electrons. The van der Waals surface area contributed by atoms with Gasteiger partial charge in [-0.05, 0) is 18.6 Å². The van der Waals surface area contributed by atoms with Gasteiger partial charge in [0.05, 0.1) is 6.20 Å². The topological polar surface area (TPSA) is 72.2 Å². The first-order chi connectivity index (χ1) is 7.13. The van der Waals surface area contributed by atoms with Crippen LogP contribution in [0, 0.1) is 0 Å². The molecule has 0 bridgehead atoms. The van der Waals surface area contributed by atoms with Gasteiger partial charge in [-0.3, -0.25) is 9.48 Å². The molecule has 15 heavy (non-hydrogen) atoms. The summed E-state index contributed by atoms with van der Waals surface area (Å²) in [5.74, 6) is -2.38. The van der Waals surface area contributed by atoms with E-state index in [4.69, 9.17) is 5.11 Å². The van der Waals surface area contributed by atoms with Gasteiger partial charge in [-0.15, -0.1) is 0 Å². The highest BCUT2D eigenvalue weighted by atomic mass is 16.4. The number of carbonyl (C=O) groups excluding carboxylic acids is 1. The van der Waals surface area contributed by atoms with Gasteiger partial charge in [0.1, 0.15) is 0 Å². The number of hydrogen-bond acceptors (Lipinski definition) is 3. The molecule has 0 aliphatic carbocycles. The van der Waals surface area contributed by atoms with E-state index in [-0.39, 0.29) is 0 Å². The van der Waals surface area contributed by atoms with Crippen molar-refractivity contribution in [3.05, 3.63) is 24.0 Å². The summed E-state index contributed by atoms with van der Waals surface area (Å²) in [6.45, 7) is 2.84. The molecule has 1 aromatic heterocycles. The number of aromatic nitrogens is 2. The molecule has 0 unspecified atom stereocenters. The molecule has 0 spiro atoms. The van der Waals surface area contributed by atoms with Gasteiger partial charge in [0, 0.05) is 18.3 Å². The van der Waals surface area contributed by atoms with Gasteiger partial charge in [0.25, 0.3) is 5.78 Å². The van der Waals surface area contributed by atoms with Gasteiger partial charge in [0.15, 0.2) is 0 Å². The Hall–Kier alpha value is -1.91. The lowest BCUT2D eigenvalue weighted by Gasteiger charge is -1.93. The lowest BCUT2D eigenvalue weighted by Crippen LogP contribution is -2.08. The summed E-state index contributed by atoms with van der Waals surface area (Å²) >= 11 is 0. The molecule has 1 heterocycles. The van der Waals surface area contributed by atoms with Crippen LogP contribution in [0.1, 0.15) is 18.9 Å². The number of carbonyl (C=O) groups is 2. The van der Waals surface area contributed by atoms with Crippen LogP contribution in [0.15, 0.2) is 18.5 Å². The van der Waals surface area contributed by atoms with Gasteiger partial charge in [-0.1, -0.05) is 6.92 Å². The quantitative estimate of drug-likeness (QED) is 0.577. The van der Waals surface area contributed by atoms with E-state index in [0.717, 1.165) is 24.6 Å². The molecular weight excluding hydrogens is 196 g/mol. The molecule has 0 aliphatic rings. The first-order valence-electron chi connectivity index (χ1n) is 4.61. The molecule has 5 nitrogen and oxygen atoms in total. The van der Waals surface area contributed by atoms with Gasteiger partial charge in [-0.25, -0.2) is 4.79 Å². The summed E-state index contributed by atoms with van der Waals surface area (Å²) in [4.78, 5) is 20.9. The maximum Gasteiger partial charge on any atom is 0.376 e. The molecule has 0 saturated heterocycles. The number of aryl methyl sites for hydroxylation is 1. The first-order valence-corrected chi connectivity index (χ1v) is 4.61. The number of carboxylic acid groups (broad SMARTS) is 1. The number of carboxylic acids is 1. The van der Waals surface area contributed by atoms with Crippen LogP contribution in [0.3, 0.4) is 0 Å². The Kier molecular flexibility index (Phi) is 3.79. The Morgan fingerprint density at radius 2 is 2.33 bits per heavy atom. The second kappa shape index (κ2) is 5.09. The molecule has 5 heteroatoms. The molecule has 0 aliphatic heterocycles. The van der Waals surface area contributed by atoms with Crippen molar-refractivity contribution in [3.63, 3.8) is 0 Å². The largest absolute Gasteiger partial charge is 0.475 e. The van der Waals surface area contributed by atoms with Crippen LogP contribution in [-0.4, -0.2) is 26.6 Å². The smallest absolute Gasteiger partial charge is 0.376 e. The second-order valence-electron chi connectivity index (χ2n) is 3.04. The zero-order chi connectivity index (χ0) is 11.3. The number of hydrogen-bond donors (Lipinski definition) is 1. The highest BCUT2D eigenvalue weighted by molar-refractivity contribution is 6.38. The maximum atomic E-state index is 10.7. The summed E-state index contributed by atoms with van der Waals surface area (Å²) in [6, 6.07) is 0. The SMILES string of the molecule is CCCn1cc(/C=C/C(=O)C(=O)O)cn1. The van der Waals surface area contributed by atoms with E-state index in [1.807, 2.05) is 6.92 Å². The number of ketones is 1. The summed E-state index contributed by atoms with van der Waals surface area (Å²) in [7, 11) is 0. The fourth-order valence-corrected chi connectivity index (χ4v) is 1.06. The lowest BCUT2D eigenvalue weighted by atomic mass is 10.3. The minimum atomic E-state index is -1.45. The molecule has 0 amide bonds. The van der Waals surface area contributed by atoms with Crippen molar-refractivity contribution in [2.75, 3.05) is 0 Å². The van der Waals surface area contributed by atoms with Gasteiger partial charge >= 0.3 is 5.97 Å². The zero-order valence-electron chi connectivity index (χ0n) is 8.38. The van der Waals surface area contributed by atoms with Crippen LogP contribution < -0.4 is 0 Å². The van der Waals surface area contributed by atoms with E-state index in [1.165, 1.54) is 6.08 Å². The maximum absolute atomic E-state index is 10.7. The van der Waals surface area contributed by atoms with Gasteiger partial charge in [-0.2, -0.15) is 5.10 Å². The van der Waals surface area contributed by atoms with Gasteiger partial charge < -0.3 is 5.11 Å². The Morgan fingerprint density at radius 1 is 1.60 bits per heavy atom. The minimum absolute atomic E-state index is 0.720. The third kappa shape index (κ3) is 3.38. The van der Waals surface area contributed by atoms with Crippen molar-refractivity contribution in [2.45, 2.75) is 19.9 Å². The van der Waals surface area contributed by atoms with Crippen molar-refractivity contribution < 1.29 is 14.7 Å². The van der Waals surface area contributed by atoms with E-state index >= 15 is 0 Å². The molecular formula is C10H12N2O3. The highest BCUT2D eigenvalue weighted by Gasteiger charge is 2.05. The number of nitrogens with zero attached hydrogens (tertiary/aromatic N) is 2. The molecule has 0 saturated carbocycles. The molecule has 0 radical (unpaired) electrons. The zero-order valence-corrected chi connectivity index (χ0v) is 8.38. The third-order valence-corrected chi connectivity index (χ3v) is 1.74. The minimum Gasteiger partial charge on any atom is -0.475 e. The Balaban J connectivity index is 2.64. The molecule has 1 rings (SSSR count). The van der Waals surface area contributed by atoms with Gasteiger partial charge in [0.2, 0.25) is 0 Å². The molecule has 0 fully saturated rings. The summed E-state index contributed by atoms with van der Waals surface area (Å²) in [5, 5.41) is 12.4. The average Bonchev–Trinajstić information content (AvgIpc) is 2.62. The number of rotatable bonds is 5. The van der Waals surface area contributed by atoms with E-state index < -0.39 is 11.8 Å². The van der Waals surface area contributed by atoms with Crippen LogP contribution in [0.25, 0.3) is 6.08 Å². The molecule has 1 aromatic rings. The van der Waals surface area contributed by atoms with Crippen LogP contribution in [-0.2, 0) is 16.1 Å². The molecule has 1 N–H and O–H groups in total. The van der Waals surface area contributed by atoms with Crippen LogP contribution in [0.2, 0.25) is 0 Å². The predicted octanol–water partition coefficient (Wildman–Crippen LogP) is 0.960. The third-order valence-electron chi connectivity index (χ3n) is 1.74. The molecule has 0 aromatic carbocycles. The fraction of sp³-hybridized carbons (Fsp3) is 0.300. The standard InChI is InChI=1S/C10H12N2O3/c1-2-5-12-7-8(6-11-12)3-4-9(13)10(14)15/h3-4,6-7H,2,5H2,1H3,(H,14,15)/b4-3+. The van der Waals surface area contributed by atoms with Crippen LogP contribution in [0.4, 0.5) is 0 Å². The van der Waals surface area contributed by atoms with Crippen molar-refractivity contribution in [1.29, 1.82) is 0 Å². The van der Waals surface area contributed by atoms with E-state index in [1.54, 1.807) is 17.1 Å². The molecule has 0 atom stereocenters. The Morgan fingerprint density at radius 3 is 2.93 bits per heavy atom. The van der Waals surface area contributed by atoms with E-state index in [9.17, 15) is 9.59 Å². The summed E-state index contributed by atoms with van der Waals surface area (Å²) in [6.07, 6.45) is 6.78. The monoisotopic (exact) mass is 208 g/mol. The van der Waals surface area contributed by atoms with Crippen molar-refractivity contribution >= 4 is 17.8 Å². The van der Waals surface area contributed by atoms with Crippen molar-refractivity contribution in [2.24, 2.45) is 0 Å². The highest BCUT2D eigenvalue weighted by Crippen LogP contribution is 2.01. The van der Waals surface area contributed by atoms with Crippen LogP contribution in [0.5, 0.6) is 0 Å². The van der Waals surface area contributed by atoms with Crippen molar-refractivity contribution in [3.8, 4) is 0 Å². The lowest BCUT2D eigenvalue weighted by molar-refractivity contribution is -0.146. The summed E-state index contributed by atoms with van der Waals surface area (Å²) in [5.41, 5.74) is 0.720.